The third-order valence-corrected chi connectivity index (χ3v) is 2.51. The number of anilines is 1. The van der Waals surface area contributed by atoms with Gasteiger partial charge in [-0.2, -0.15) is 0 Å². The van der Waals surface area contributed by atoms with Crippen LogP contribution in [-0.2, 0) is 0 Å². The van der Waals surface area contributed by atoms with E-state index in [1.807, 2.05) is 0 Å². The summed E-state index contributed by atoms with van der Waals surface area (Å²) in [5.41, 5.74) is 0.193. The third kappa shape index (κ3) is 3.38. The first-order valence-corrected chi connectivity index (χ1v) is 5.06. The Kier molecular flexibility index (Phi) is 3.50. The van der Waals surface area contributed by atoms with Gasteiger partial charge in [0.05, 0.1) is 7.11 Å². The van der Waals surface area contributed by atoms with Gasteiger partial charge in [0.1, 0.15) is 12.1 Å². The number of methoxy groups -OCH3 is 1. The summed E-state index contributed by atoms with van der Waals surface area (Å²) in [6.07, 6.45) is 1.50. The van der Waals surface area contributed by atoms with Crippen molar-refractivity contribution >= 4 is 5.82 Å². The topological polar surface area (TPSA) is 47.0 Å². The fourth-order valence-corrected chi connectivity index (χ4v) is 0.968. The number of hydrogen-bond donors (Lipinski definition) is 1. The second-order valence-electron chi connectivity index (χ2n) is 4.68. The Morgan fingerprint density at radius 3 is 2.53 bits per heavy atom. The molecule has 1 atom stereocenters. The maximum atomic E-state index is 5.03. The lowest BCUT2D eigenvalue weighted by atomic mass is 9.88. The van der Waals surface area contributed by atoms with Gasteiger partial charge in [0.15, 0.2) is 0 Å². The molecule has 0 saturated carbocycles. The molecule has 0 amide bonds. The Morgan fingerprint density at radius 1 is 1.33 bits per heavy atom. The molecule has 15 heavy (non-hydrogen) atoms. The van der Waals surface area contributed by atoms with E-state index in [-0.39, 0.29) is 5.41 Å². The van der Waals surface area contributed by atoms with Crippen molar-refractivity contribution in [3.8, 4) is 5.88 Å². The summed E-state index contributed by atoms with van der Waals surface area (Å²) in [6.45, 7) is 8.68. The molecular weight excluding hydrogens is 190 g/mol. The SMILES string of the molecule is COc1cc(NC(C)C(C)(C)C)ncn1. The number of nitrogens with one attached hydrogen (secondary N) is 1. The van der Waals surface area contributed by atoms with Gasteiger partial charge in [-0.25, -0.2) is 9.97 Å². The molecule has 0 saturated heterocycles. The van der Waals surface area contributed by atoms with E-state index in [2.05, 4.69) is 43.0 Å². The van der Waals surface area contributed by atoms with E-state index in [1.165, 1.54) is 6.33 Å². The van der Waals surface area contributed by atoms with Crippen molar-refractivity contribution in [2.75, 3.05) is 12.4 Å². The van der Waals surface area contributed by atoms with Crippen LogP contribution in [0, 0.1) is 5.41 Å². The van der Waals surface area contributed by atoms with Crippen molar-refractivity contribution in [1.82, 2.24) is 9.97 Å². The van der Waals surface area contributed by atoms with Crippen LogP contribution in [0.25, 0.3) is 0 Å². The molecular formula is C11H19N3O. The van der Waals surface area contributed by atoms with E-state index in [4.69, 9.17) is 4.74 Å². The van der Waals surface area contributed by atoms with Crippen LogP contribution in [0.3, 0.4) is 0 Å². The van der Waals surface area contributed by atoms with Crippen LogP contribution in [0.15, 0.2) is 12.4 Å². The zero-order valence-electron chi connectivity index (χ0n) is 10.0. The highest BCUT2D eigenvalue weighted by Gasteiger charge is 2.20. The number of ether oxygens (including phenoxy) is 1. The molecule has 0 aliphatic heterocycles. The molecule has 0 aliphatic carbocycles. The van der Waals surface area contributed by atoms with Crippen LogP contribution in [0.4, 0.5) is 5.82 Å². The smallest absolute Gasteiger partial charge is 0.218 e. The van der Waals surface area contributed by atoms with E-state index in [0.29, 0.717) is 11.9 Å². The summed E-state index contributed by atoms with van der Waals surface area (Å²) in [5.74, 6) is 1.37. The number of hydrogen-bond acceptors (Lipinski definition) is 4. The van der Waals surface area contributed by atoms with Gasteiger partial charge >= 0.3 is 0 Å². The van der Waals surface area contributed by atoms with Crippen molar-refractivity contribution in [3.05, 3.63) is 12.4 Å². The molecule has 0 radical (unpaired) electrons. The van der Waals surface area contributed by atoms with Crippen molar-refractivity contribution in [2.24, 2.45) is 5.41 Å². The van der Waals surface area contributed by atoms with E-state index < -0.39 is 0 Å². The normalized spacial score (nSPS) is 13.4. The van der Waals surface area contributed by atoms with Crippen molar-refractivity contribution in [3.63, 3.8) is 0 Å². The van der Waals surface area contributed by atoms with Gasteiger partial charge in [-0.05, 0) is 12.3 Å². The van der Waals surface area contributed by atoms with Gasteiger partial charge in [-0.1, -0.05) is 20.8 Å². The van der Waals surface area contributed by atoms with Gasteiger partial charge in [0.25, 0.3) is 0 Å². The molecule has 84 valence electrons. The molecule has 0 spiro atoms. The summed E-state index contributed by atoms with van der Waals surface area (Å²) in [4.78, 5) is 8.09. The standard InChI is InChI=1S/C11H19N3O/c1-8(11(2,3)4)14-9-6-10(15-5)13-7-12-9/h6-8H,1-5H3,(H,12,13,14). The lowest BCUT2D eigenvalue weighted by Gasteiger charge is -2.28. The molecule has 1 unspecified atom stereocenters. The first-order chi connectivity index (χ1) is 6.93. The highest BCUT2D eigenvalue weighted by atomic mass is 16.5. The Hall–Kier alpha value is -1.32. The van der Waals surface area contributed by atoms with E-state index in [1.54, 1.807) is 13.2 Å². The Bertz CT molecular complexity index is 320. The summed E-state index contributed by atoms with van der Waals surface area (Å²) in [6, 6.07) is 2.12. The average Bonchev–Trinajstić information content (AvgIpc) is 2.16. The van der Waals surface area contributed by atoms with Gasteiger partial charge < -0.3 is 10.1 Å². The molecule has 1 heterocycles. The summed E-state index contributed by atoms with van der Waals surface area (Å²) >= 11 is 0. The summed E-state index contributed by atoms with van der Waals surface area (Å²) < 4.78 is 5.03. The molecule has 4 nitrogen and oxygen atoms in total. The second kappa shape index (κ2) is 4.47. The number of nitrogens with zero attached hydrogens (tertiary/aromatic N) is 2. The predicted octanol–water partition coefficient (Wildman–Crippen LogP) is 2.33. The summed E-state index contributed by atoms with van der Waals surface area (Å²) in [7, 11) is 1.60. The van der Waals surface area contributed by atoms with Gasteiger partial charge in [-0.15, -0.1) is 0 Å². The molecule has 0 fully saturated rings. The van der Waals surface area contributed by atoms with Gasteiger partial charge in [0, 0.05) is 12.1 Å². The van der Waals surface area contributed by atoms with Crippen LogP contribution in [0.2, 0.25) is 0 Å². The van der Waals surface area contributed by atoms with E-state index in [9.17, 15) is 0 Å². The highest BCUT2D eigenvalue weighted by molar-refractivity contribution is 5.38. The molecule has 1 aromatic rings. The van der Waals surface area contributed by atoms with Crippen LogP contribution in [-0.4, -0.2) is 23.1 Å². The highest BCUT2D eigenvalue weighted by Crippen LogP contribution is 2.22. The van der Waals surface area contributed by atoms with Crippen molar-refractivity contribution < 1.29 is 4.74 Å². The summed E-state index contributed by atoms with van der Waals surface area (Å²) in [5, 5.41) is 3.33. The molecule has 0 aromatic carbocycles. The molecule has 1 aromatic heterocycles. The molecule has 1 rings (SSSR count). The first kappa shape index (κ1) is 11.8. The first-order valence-electron chi connectivity index (χ1n) is 5.06. The second-order valence-corrected chi connectivity index (χ2v) is 4.68. The van der Waals surface area contributed by atoms with Crippen LogP contribution in [0.5, 0.6) is 5.88 Å². The predicted molar refractivity (Wildman–Crippen MR) is 61.1 cm³/mol. The Balaban J connectivity index is 2.72. The molecule has 0 aliphatic rings. The fourth-order valence-electron chi connectivity index (χ4n) is 0.968. The zero-order valence-corrected chi connectivity index (χ0v) is 10.0. The van der Waals surface area contributed by atoms with E-state index >= 15 is 0 Å². The third-order valence-electron chi connectivity index (χ3n) is 2.51. The lowest BCUT2D eigenvalue weighted by Crippen LogP contribution is -2.31. The van der Waals surface area contributed by atoms with Crippen LogP contribution in [0.1, 0.15) is 27.7 Å². The van der Waals surface area contributed by atoms with E-state index in [0.717, 1.165) is 5.82 Å². The quantitative estimate of drug-likeness (QED) is 0.830. The minimum atomic E-state index is 0.193. The minimum absolute atomic E-state index is 0.193. The Morgan fingerprint density at radius 2 is 2.00 bits per heavy atom. The van der Waals surface area contributed by atoms with Gasteiger partial charge in [0.2, 0.25) is 5.88 Å². The number of rotatable bonds is 3. The van der Waals surface area contributed by atoms with Crippen molar-refractivity contribution in [1.29, 1.82) is 0 Å². The monoisotopic (exact) mass is 209 g/mol. The van der Waals surface area contributed by atoms with Gasteiger partial charge in [-0.3, -0.25) is 0 Å². The van der Waals surface area contributed by atoms with Crippen molar-refractivity contribution in [2.45, 2.75) is 33.7 Å². The maximum Gasteiger partial charge on any atom is 0.218 e. The Labute approximate surface area is 91.1 Å². The molecule has 4 heteroatoms. The lowest BCUT2D eigenvalue weighted by molar-refractivity contribution is 0.358. The van der Waals surface area contributed by atoms with Crippen LogP contribution >= 0.6 is 0 Å². The average molecular weight is 209 g/mol. The molecule has 0 bridgehead atoms. The number of aromatic nitrogens is 2. The molecule has 1 N–H and O–H groups in total. The zero-order chi connectivity index (χ0) is 11.5. The minimum Gasteiger partial charge on any atom is -0.481 e. The fraction of sp³-hybridized carbons (Fsp3) is 0.636. The van der Waals surface area contributed by atoms with Crippen LogP contribution < -0.4 is 10.1 Å². The maximum absolute atomic E-state index is 5.03. The largest absolute Gasteiger partial charge is 0.481 e.